The lowest BCUT2D eigenvalue weighted by Gasteiger charge is -2.27. The number of piperidine rings is 1. The highest BCUT2D eigenvalue weighted by Crippen LogP contribution is 2.19. The second-order valence-corrected chi connectivity index (χ2v) is 7.18. The number of nitrogens with zero attached hydrogens (tertiary/aromatic N) is 3. The van der Waals surface area contributed by atoms with Crippen molar-refractivity contribution < 1.29 is 4.79 Å². The number of carbonyl (C=O) groups excluding carboxylic acids is 1. The molecular weight excluding hydrogens is 332 g/mol. The third-order valence-electron chi connectivity index (χ3n) is 4.54. The number of amides is 1. The van der Waals surface area contributed by atoms with E-state index < -0.39 is 0 Å². The molecule has 3 aromatic rings. The number of rotatable bonds is 4. The number of thiazole rings is 1. The maximum absolute atomic E-state index is 12.3. The van der Waals surface area contributed by atoms with Crippen molar-refractivity contribution in [2.45, 2.75) is 25.8 Å². The molecule has 4 rings (SSSR count). The first kappa shape index (κ1) is 16.0. The largest absolute Gasteiger partial charge is 0.357 e. The number of hydrogen-bond acceptors (Lipinski definition) is 5. The molecule has 5 nitrogen and oxygen atoms in total. The number of fused-ring (bicyclic) bond motifs is 1. The Labute approximate surface area is 150 Å². The molecule has 1 aliphatic heterocycles. The topological polar surface area (TPSA) is 58.1 Å². The molecule has 6 heteroatoms. The summed E-state index contributed by atoms with van der Waals surface area (Å²) in [6, 6.07) is 9.69. The van der Waals surface area contributed by atoms with E-state index in [4.69, 9.17) is 0 Å². The van der Waals surface area contributed by atoms with E-state index in [1.165, 1.54) is 19.3 Å². The summed E-state index contributed by atoms with van der Waals surface area (Å²) in [6.45, 7) is 2.65. The van der Waals surface area contributed by atoms with Crippen LogP contribution in [0.25, 0.3) is 10.2 Å². The van der Waals surface area contributed by atoms with Crippen LogP contribution in [0.2, 0.25) is 0 Å². The van der Waals surface area contributed by atoms with Gasteiger partial charge in [-0.2, -0.15) is 0 Å². The molecule has 0 spiro atoms. The summed E-state index contributed by atoms with van der Waals surface area (Å²) in [7, 11) is 0. The zero-order chi connectivity index (χ0) is 17.1. The van der Waals surface area contributed by atoms with Crippen LogP contribution in [0.4, 0.5) is 5.82 Å². The predicted octanol–water partition coefficient (Wildman–Crippen LogP) is 3.61. The van der Waals surface area contributed by atoms with Crippen LogP contribution in [0.15, 0.2) is 42.0 Å². The fourth-order valence-corrected chi connectivity index (χ4v) is 3.83. The van der Waals surface area contributed by atoms with Crippen LogP contribution in [0.3, 0.4) is 0 Å². The van der Waals surface area contributed by atoms with Gasteiger partial charge in [-0.3, -0.25) is 4.79 Å². The van der Waals surface area contributed by atoms with Gasteiger partial charge in [0.15, 0.2) is 0 Å². The lowest BCUT2D eigenvalue weighted by atomic mass is 10.1. The first-order chi connectivity index (χ1) is 12.3. The van der Waals surface area contributed by atoms with Crippen molar-refractivity contribution in [1.82, 2.24) is 15.3 Å². The molecule has 128 valence electrons. The van der Waals surface area contributed by atoms with Crippen LogP contribution in [-0.4, -0.2) is 29.0 Å². The molecule has 1 fully saturated rings. The fraction of sp³-hybridized carbons (Fsp3) is 0.316. The van der Waals surface area contributed by atoms with Crippen LogP contribution in [-0.2, 0) is 6.54 Å². The minimum Gasteiger partial charge on any atom is -0.357 e. The average Bonchev–Trinajstić information content (AvgIpc) is 3.15. The number of carbonyl (C=O) groups is 1. The summed E-state index contributed by atoms with van der Waals surface area (Å²) in [5, 5.41) is 2.96. The van der Waals surface area contributed by atoms with E-state index in [2.05, 4.69) is 26.3 Å². The summed E-state index contributed by atoms with van der Waals surface area (Å²) in [6.07, 6.45) is 5.65. The van der Waals surface area contributed by atoms with Crippen molar-refractivity contribution in [1.29, 1.82) is 0 Å². The molecule has 0 radical (unpaired) electrons. The minimum atomic E-state index is -0.0737. The van der Waals surface area contributed by atoms with Gasteiger partial charge in [-0.25, -0.2) is 9.97 Å². The lowest BCUT2D eigenvalue weighted by molar-refractivity contribution is 0.0951. The van der Waals surface area contributed by atoms with E-state index in [-0.39, 0.29) is 5.91 Å². The number of pyridine rings is 1. The number of hydrogen-bond donors (Lipinski definition) is 1. The summed E-state index contributed by atoms with van der Waals surface area (Å²) in [5.41, 5.74) is 4.39. The van der Waals surface area contributed by atoms with Gasteiger partial charge < -0.3 is 10.2 Å². The summed E-state index contributed by atoms with van der Waals surface area (Å²) in [5.74, 6) is 0.959. The number of benzene rings is 1. The first-order valence-corrected chi connectivity index (χ1v) is 9.49. The second kappa shape index (κ2) is 7.19. The SMILES string of the molecule is O=C(NCc1ccc(N2CCCCC2)nc1)c1ccc2ncsc2c1. The van der Waals surface area contributed by atoms with Crippen molar-refractivity contribution >= 4 is 33.3 Å². The molecule has 0 aliphatic carbocycles. The molecule has 0 saturated carbocycles. The summed E-state index contributed by atoms with van der Waals surface area (Å²) < 4.78 is 1.03. The summed E-state index contributed by atoms with van der Waals surface area (Å²) >= 11 is 1.54. The standard InChI is InChI=1S/C19H20N4OS/c24-19(15-5-6-16-17(10-15)25-13-22-16)21-12-14-4-7-18(20-11-14)23-8-2-1-3-9-23/h4-7,10-11,13H,1-3,8-9,12H2,(H,21,24). The predicted molar refractivity (Wildman–Crippen MR) is 101 cm³/mol. The molecule has 1 amide bonds. The third-order valence-corrected chi connectivity index (χ3v) is 5.33. The van der Waals surface area contributed by atoms with Gasteiger partial charge in [-0.1, -0.05) is 6.07 Å². The summed E-state index contributed by atoms with van der Waals surface area (Å²) in [4.78, 5) is 23.5. The molecule has 1 aromatic carbocycles. The van der Waals surface area contributed by atoms with E-state index in [0.717, 1.165) is 34.7 Å². The van der Waals surface area contributed by atoms with Crippen LogP contribution in [0.1, 0.15) is 35.2 Å². The van der Waals surface area contributed by atoms with Crippen LogP contribution in [0.5, 0.6) is 0 Å². The van der Waals surface area contributed by atoms with Gasteiger partial charge in [0.1, 0.15) is 5.82 Å². The molecule has 25 heavy (non-hydrogen) atoms. The highest BCUT2D eigenvalue weighted by molar-refractivity contribution is 7.16. The van der Waals surface area contributed by atoms with E-state index in [1.807, 2.05) is 30.5 Å². The van der Waals surface area contributed by atoms with Gasteiger partial charge in [0, 0.05) is 31.4 Å². The number of anilines is 1. The fourth-order valence-electron chi connectivity index (χ4n) is 3.11. The van der Waals surface area contributed by atoms with E-state index >= 15 is 0 Å². The Hall–Kier alpha value is -2.47. The monoisotopic (exact) mass is 352 g/mol. The quantitative estimate of drug-likeness (QED) is 0.779. The minimum absolute atomic E-state index is 0.0737. The van der Waals surface area contributed by atoms with Gasteiger partial charge in [0.2, 0.25) is 0 Å². The smallest absolute Gasteiger partial charge is 0.251 e. The lowest BCUT2D eigenvalue weighted by Crippen LogP contribution is -2.30. The van der Waals surface area contributed by atoms with Crippen molar-refractivity contribution in [3.63, 3.8) is 0 Å². The first-order valence-electron chi connectivity index (χ1n) is 8.61. The average molecular weight is 352 g/mol. The van der Waals surface area contributed by atoms with Crippen molar-refractivity contribution in [3.05, 3.63) is 53.2 Å². The molecule has 1 N–H and O–H groups in total. The normalized spacial score (nSPS) is 14.6. The zero-order valence-electron chi connectivity index (χ0n) is 13.9. The molecule has 0 unspecified atom stereocenters. The van der Waals surface area contributed by atoms with Crippen LogP contribution < -0.4 is 10.2 Å². The maximum Gasteiger partial charge on any atom is 0.251 e. The van der Waals surface area contributed by atoms with E-state index in [9.17, 15) is 4.79 Å². The van der Waals surface area contributed by atoms with Crippen molar-refractivity contribution in [3.8, 4) is 0 Å². The Bertz CT molecular complexity index is 869. The Morgan fingerprint density at radius 2 is 2.00 bits per heavy atom. The molecule has 1 saturated heterocycles. The second-order valence-electron chi connectivity index (χ2n) is 6.29. The number of aromatic nitrogens is 2. The van der Waals surface area contributed by atoms with Crippen molar-refractivity contribution in [2.24, 2.45) is 0 Å². The van der Waals surface area contributed by atoms with Gasteiger partial charge in [-0.05, 0) is 49.1 Å². The van der Waals surface area contributed by atoms with Gasteiger partial charge >= 0.3 is 0 Å². The van der Waals surface area contributed by atoms with Gasteiger partial charge in [0.05, 0.1) is 15.7 Å². The van der Waals surface area contributed by atoms with Gasteiger partial charge in [-0.15, -0.1) is 11.3 Å². The Morgan fingerprint density at radius 1 is 1.12 bits per heavy atom. The van der Waals surface area contributed by atoms with Crippen LogP contribution in [0, 0.1) is 0 Å². The Balaban J connectivity index is 1.37. The third kappa shape index (κ3) is 3.64. The van der Waals surface area contributed by atoms with Crippen LogP contribution >= 0.6 is 11.3 Å². The van der Waals surface area contributed by atoms with E-state index in [1.54, 1.807) is 16.8 Å². The highest BCUT2D eigenvalue weighted by atomic mass is 32.1. The van der Waals surface area contributed by atoms with Crippen molar-refractivity contribution in [2.75, 3.05) is 18.0 Å². The molecule has 0 atom stereocenters. The van der Waals surface area contributed by atoms with E-state index in [0.29, 0.717) is 12.1 Å². The number of nitrogens with one attached hydrogen (secondary N) is 1. The van der Waals surface area contributed by atoms with Gasteiger partial charge in [0.25, 0.3) is 5.91 Å². The molecule has 2 aromatic heterocycles. The molecule has 0 bridgehead atoms. The Kier molecular flexibility index (Phi) is 4.61. The zero-order valence-corrected chi connectivity index (χ0v) is 14.8. The molecule has 1 aliphatic rings. The highest BCUT2D eigenvalue weighted by Gasteiger charge is 2.12. The maximum atomic E-state index is 12.3. The molecule has 3 heterocycles. The molecular formula is C19H20N4OS. The Morgan fingerprint density at radius 3 is 2.80 bits per heavy atom.